The van der Waals surface area contributed by atoms with Crippen LogP contribution < -0.4 is 10.6 Å². The van der Waals surface area contributed by atoms with Gasteiger partial charge in [-0.3, -0.25) is 14.9 Å². The molecule has 0 spiro atoms. The van der Waals surface area contributed by atoms with E-state index >= 15 is 0 Å². The second-order valence-corrected chi connectivity index (χ2v) is 6.90. The first-order valence-electron chi connectivity index (χ1n) is 7.45. The molecule has 1 unspecified atom stereocenters. The third kappa shape index (κ3) is 2.93. The van der Waals surface area contributed by atoms with Gasteiger partial charge in [0.25, 0.3) is 5.91 Å². The maximum absolute atomic E-state index is 12.3. The fourth-order valence-corrected chi connectivity index (χ4v) is 3.79. The van der Waals surface area contributed by atoms with Gasteiger partial charge >= 0.3 is 12.0 Å². The zero-order valence-corrected chi connectivity index (χ0v) is 13.5. The number of amides is 3. The van der Waals surface area contributed by atoms with Crippen molar-refractivity contribution in [1.82, 2.24) is 10.6 Å². The molecule has 1 saturated carbocycles. The van der Waals surface area contributed by atoms with E-state index in [4.69, 9.17) is 5.11 Å². The van der Waals surface area contributed by atoms with Crippen molar-refractivity contribution in [2.75, 3.05) is 6.26 Å². The molecule has 2 fully saturated rings. The SMILES string of the molecule is CSc1cccc(CCC2([C@H]3C[C@@H]3C(=O)O)NC(=O)NC2=O)c1. The molecule has 0 radical (unpaired) electrons. The number of carboxylic acids is 1. The number of nitrogens with one attached hydrogen (secondary N) is 2. The first-order chi connectivity index (χ1) is 11.0. The van der Waals surface area contributed by atoms with Crippen LogP contribution >= 0.6 is 11.8 Å². The van der Waals surface area contributed by atoms with Gasteiger partial charge in [-0.05, 0) is 43.2 Å². The molecule has 6 nitrogen and oxygen atoms in total. The highest BCUT2D eigenvalue weighted by molar-refractivity contribution is 7.98. The molecule has 1 aromatic carbocycles. The number of aryl methyl sites for hydroxylation is 1. The quantitative estimate of drug-likeness (QED) is 0.543. The average Bonchev–Trinajstić information content (AvgIpc) is 3.27. The molecule has 7 heteroatoms. The van der Waals surface area contributed by atoms with Gasteiger partial charge in [0.1, 0.15) is 5.54 Å². The molecule has 0 aromatic heterocycles. The van der Waals surface area contributed by atoms with Gasteiger partial charge in [-0.1, -0.05) is 12.1 Å². The summed E-state index contributed by atoms with van der Waals surface area (Å²) in [5.41, 5.74) is -0.0344. The lowest BCUT2D eigenvalue weighted by Gasteiger charge is -2.26. The summed E-state index contributed by atoms with van der Waals surface area (Å²) in [6.45, 7) is 0. The van der Waals surface area contributed by atoms with E-state index in [1.165, 1.54) is 0 Å². The summed E-state index contributed by atoms with van der Waals surface area (Å²) in [6.07, 6.45) is 3.42. The van der Waals surface area contributed by atoms with Gasteiger partial charge in [0.15, 0.2) is 0 Å². The Morgan fingerprint density at radius 2 is 2.22 bits per heavy atom. The number of aliphatic carboxylic acids is 1. The van der Waals surface area contributed by atoms with E-state index in [2.05, 4.69) is 16.7 Å². The van der Waals surface area contributed by atoms with Gasteiger partial charge in [0.2, 0.25) is 0 Å². The van der Waals surface area contributed by atoms with E-state index in [1.54, 1.807) is 11.8 Å². The Labute approximate surface area is 138 Å². The Balaban J connectivity index is 1.79. The fraction of sp³-hybridized carbons (Fsp3) is 0.438. The van der Waals surface area contributed by atoms with Crippen LogP contribution in [0.15, 0.2) is 29.2 Å². The van der Waals surface area contributed by atoms with Crippen molar-refractivity contribution in [3.63, 3.8) is 0 Å². The van der Waals surface area contributed by atoms with E-state index in [-0.39, 0.29) is 5.92 Å². The van der Waals surface area contributed by atoms with Crippen LogP contribution in [-0.2, 0) is 16.0 Å². The van der Waals surface area contributed by atoms with Gasteiger partial charge in [-0.15, -0.1) is 11.8 Å². The number of rotatable bonds is 6. The number of carbonyl (C=O) groups excluding carboxylic acids is 2. The third-order valence-electron chi connectivity index (χ3n) is 4.65. The van der Waals surface area contributed by atoms with Crippen molar-refractivity contribution < 1.29 is 19.5 Å². The van der Waals surface area contributed by atoms with E-state index in [0.717, 1.165) is 10.5 Å². The van der Waals surface area contributed by atoms with Crippen LogP contribution in [0.25, 0.3) is 0 Å². The lowest BCUT2D eigenvalue weighted by atomic mass is 9.85. The minimum absolute atomic E-state index is 0.338. The van der Waals surface area contributed by atoms with Gasteiger partial charge in [-0.2, -0.15) is 0 Å². The molecule has 1 saturated heterocycles. The molecule has 1 heterocycles. The summed E-state index contributed by atoms with van der Waals surface area (Å²) in [4.78, 5) is 36.2. The molecular formula is C16H18N2O4S. The summed E-state index contributed by atoms with van der Waals surface area (Å²) in [5, 5.41) is 14.1. The normalized spacial score (nSPS) is 29.1. The topological polar surface area (TPSA) is 95.5 Å². The van der Waals surface area contributed by atoms with Crippen LogP contribution in [-0.4, -0.2) is 34.8 Å². The predicted molar refractivity (Wildman–Crippen MR) is 85.2 cm³/mol. The molecule has 3 atom stereocenters. The number of urea groups is 1. The van der Waals surface area contributed by atoms with E-state index in [0.29, 0.717) is 19.3 Å². The van der Waals surface area contributed by atoms with Crippen LogP contribution in [0.3, 0.4) is 0 Å². The number of carboxylic acid groups (broad SMARTS) is 1. The first-order valence-corrected chi connectivity index (χ1v) is 8.68. The molecule has 3 N–H and O–H groups in total. The number of carbonyl (C=O) groups is 3. The van der Waals surface area contributed by atoms with Crippen molar-refractivity contribution in [2.45, 2.75) is 29.7 Å². The van der Waals surface area contributed by atoms with Crippen LogP contribution in [0.2, 0.25) is 0 Å². The minimum atomic E-state index is -1.10. The molecule has 3 amide bonds. The van der Waals surface area contributed by atoms with Crippen LogP contribution in [0.5, 0.6) is 0 Å². The summed E-state index contributed by atoms with van der Waals surface area (Å²) >= 11 is 1.64. The number of benzene rings is 1. The predicted octanol–water partition coefficient (Wildman–Crippen LogP) is 1.64. The summed E-state index contributed by atoms with van der Waals surface area (Å²) in [5.74, 6) is -2.21. The monoisotopic (exact) mass is 334 g/mol. The second-order valence-electron chi connectivity index (χ2n) is 6.02. The average molecular weight is 334 g/mol. The lowest BCUT2D eigenvalue weighted by Crippen LogP contribution is -2.50. The Morgan fingerprint density at radius 3 is 2.78 bits per heavy atom. The molecule has 2 aliphatic rings. The van der Waals surface area contributed by atoms with Crippen LogP contribution in [0.4, 0.5) is 4.79 Å². The molecule has 1 aliphatic carbocycles. The van der Waals surface area contributed by atoms with Crippen molar-refractivity contribution in [1.29, 1.82) is 0 Å². The zero-order valence-electron chi connectivity index (χ0n) is 12.7. The molecule has 1 aromatic rings. The second kappa shape index (κ2) is 5.88. The molecule has 0 bridgehead atoms. The van der Waals surface area contributed by atoms with E-state index in [1.807, 2.05) is 24.5 Å². The molecule has 23 heavy (non-hydrogen) atoms. The first kappa shape index (κ1) is 15.9. The highest BCUT2D eigenvalue weighted by atomic mass is 32.2. The highest BCUT2D eigenvalue weighted by Crippen LogP contribution is 2.49. The fourth-order valence-electron chi connectivity index (χ4n) is 3.31. The van der Waals surface area contributed by atoms with E-state index < -0.39 is 29.4 Å². The van der Waals surface area contributed by atoms with Gasteiger partial charge in [0.05, 0.1) is 5.92 Å². The zero-order chi connectivity index (χ0) is 16.6. The van der Waals surface area contributed by atoms with Gasteiger partial charge < -0.3 is 10.4 Å². The molecular weight excluding hydrogens is 316 g/mol. The Morgan fingerprint density at radius 1 is 1.43 bits per heavy atom. The molecule has 1 aliphatic heterocycles. The van der Waals surface area contributed by atoms with E-state index in [9.17, 15) is 14.4 Å². The van der Waals surface area contributed by atoms with Crippen molar-refractivity contribution in [3.8, 4) is 0 Å². The highest BCUT2D eigenvalue weighted by Gasteiger charge is 2.62. The standard InChI is InChI=1S/C16H18N2O4S/c1-23-10-4-2-3-9(7-10)5-6-16(12-8-11(12)13(19)20)14(21)17-15(22)18-16/h2-4,7,11-12H,5-6,8H2,1H3,(H,19,20)(H2,17,18,21,22)/t11-,12-,16?/m0/s1. The lowest BCUT2D eigenvalue weighted by molar-refractivity contribution is -0.139. The maximum atomic E-state index is 12.3. The van der Waals surface area contributed by atoms with Gasteiger partial charge in [-0.25, -0.2) is 4.79 Å². The minimum Gasteiger partial charge on any atom is -0.481 e. The maximum Gasteiger partial charge on any atom is 0.322 e. The number of hydrogen-bond donors (Lipinski definition) is 3. The summed E-state index contributed by atoms with van der Waals surface area (Å²) in [7, 11) is 0. The van der Waals surface area contributed by atoms with Crippen LogP contribution in [0, 0.1) is 11.8 Å². The third-order valence-corrected chi connectivity index (χ3v) is 5.38. The largest absolute Gasteiger partial charge is 0.481 e. The Hall–Kier alpha value is -2.02. The molecule has 122 valence electrons. The summed E-state index contributed by atoms with van der Waals surface area (Å²) in [6, 6.07) is 7.45. The van der Waals surface area contributed by atoms with Gasteiger partial charge in [0, 0.05) is 10.8 Å². The van der Waals surface area contributed by atoms with Crippen molar-refractivity contribution in [3.05, 3.63) is 29.8 Å². The Kier molecular flexibility index (Phi) is 4.06. The smallest absolute Gasteiger partial charge is 0.322 e. The summed E-state index contributed by atoms with van der Waals surface area (Å²) < 4.78 is 0. The number of imide groups is 1. The molecule has 3 rings (SSSR count). The van der Waals surface area contributed by atoms with Crippen molar-refractivity contribution >= 4 is 29.7 Å². The van der Waals surface area contributed by atoms with Crippen molar-refractivity contribution in [2.24, 2.45) is 11.8 Å². The number of thioether (sulfide) groups is 1. The Bertz CT molecular complexity index is 678. The van der Waals surface area contributed by atoms with Crippen LogP contribution in [0.1, 0.15) is 18.4 Å². The number of hydrogen-bond acceptors (Lipinski definition) is 4.